The molecule has 2 heterocycles. The van der Waals surface area contributed by atoms with Gasteiger partial charge in [-0.05, 0) is 42.7 Å². The highest BCUT2D eigenvalue weighted by Gasteiger charge is 2.22. The first-order valence-electron chi connectivity index (χ1n) is 6.70. The summed E-state index contributed by atoms with van der Waals surface area (Å²) in [6.07, 6.45) is 0.469. The standard InChI is InChI=1S/C16H17NO3/c1-10-3-7-14(20-10)16(19)12-4-6-13-11(9-12)5-8-15(18)17(13)2/h3-4,6-7,9,16,19H,5,8H2,1-2H3. The van der Waals surface area contributed by atoms with Crippen LogP contribution in [0.3, 0.4) is 0 Å². The monoisotopic (exact) mass is 271 g/mol. The molecule has 0 spiro atoms. The molecular formula is C16H17NO3. The van der Waals surface area contributed by atoms with Crippen LogP contribution in [0.2, 0.25) is 0 Å². The van der Waals surface area contributed by atoms with Crippen LogP contribution in [-0.4, -0.2) is 18.1 Å². The Hall–Kier alpha value is -2.07. The smallest absolute Gasteiger partial charge is 0.227 e. The molecule has 1 amide bonds. The number of aliphatic hydroxyl groups excluding tert-OH is 1. The van der Waals surface area contributed by atoms with Crippen molar-refractivity contribution in [3.63, 3.8) is 0 Å². The molecular weight excluding hydrogens is 254 g/mol. The number of aliphatic hydroxyl groups is 1. The third-order valence-corrected chi connectivity index (χ3v) is 3.79. The fourth-order valence-electron chi connectivity index (χ4n) is 2.61. The average Bonchev–Trinajstić information content (AvgIpc) is 2.88. The predicted molar refractivity (Wildman–Crippen MR) is 75.7 cm³/mol. The molecule has 1 unspecified atom stereocenters. The zero-order chi connectivity index (χ0) is 14.3. The predicted octanol–water partition coefficient (Wildman–Crippen LogP) is 2.58. The Balaban J connectivity index is 1.95. The second kappa shape index (κ2) is 4.80. The molecule has 1 aliphatic rings. The van der Waals surface area contributed by atoms with Gasteiger partial charge in [0.1, 0.15) is 17.6 Å². The molecule has 3 rings (SSSR count). The van der Waals surface area contributed by atoms with Crippen LogP contribution in [0.25, 0.3) is 0 Å². The van der Waals surface area contributed by atoms with Crippen molar-refractivity contribution in [2.75, 3.05) is 11.9 Å². The van der Waals surface area contributed by atoms with Crippen LogP contribution in [0.5, 0.6) is 0 Å². The first kappa shape index (κ1) is 12.9. The molecule has 1 N–H and O–H groups in total. The fourth-order valence-corrected chi connectivity index (χ4v) is 2.61. The molecule has 20 heavy (non-hydrogen) atoms. The topological polar surface area (TPSA) is 53.7 Å². The van der Waals surface area contributed by atoms with Crippen LogP contribution in [-0.2, 0) is 11.2 Å². The van der Waals surface area contributed by atoms with Crippen LogP contribution in [0.4, 0.5) is 5.69 Å². The van der Waals surface area contributed by atoms with E-state index in [1.165, 1.54) is 0 Å². The summed E-state index contributed by atoms with van der Waals surface area (Å²) in [6.45, 7) is 1.85. The Labute approximate surface area is 117 Å². The number of nitrogens with zero attached hydrogens (tertiary/aromatic N) is 1. The van der Waals surface area contributed by atoms with Crippen molar-refractivity contribution in [1.82, 2.24) is 0 Å². The summed E-state index contributed by atoms with van der Waals surface area (Å²) in [6, 6.07) is 9.32. The maximum atomic E-state index is 11.7. The highest BCUT2D eigenvalue weighted by atomic mass is 16.4. The summed E-state index contributed by atoms with van der Waals surface area (Å²) >= 11 is 0. The molecule has 0 saturated carbocycles. The number of carbonyl (C=O) groups excluding carboxylic acids is 1. The van der Waals surface area contributed by atoms with E-state index in [1.807, 2.05) is 31.2 Å². The molecule has 0 bridgehead atoms. The lowest BCUT2D eigenvalue weighted by Gasteiger charge is -2.26. The third-order valence-electron chi connectivity index (χ3n) is 3.79. The highest BCUT2D eigenvalue weighted by molar-refractivity contribution is 5.95. The summed E-state index contributed by atoms with van der Waals surface area (Å²) in [5.74, 6) is 1.46. The number of carbonyl (C=O) groups is 1. The van der Waals surface area contributed by atoms with E-state index in [9.17, 15) is 9.90 Å². The number of benzene rings is 1. The zero-order valence-corrected chi connectivity index (χ0v) is 11.6. The number of furan rings is 1. The molecule has 1 aliphatic heterocycles. The normalized spacial score (nSPS) is 16.1. The number of hydrogen-bond acceptors (Lipinski definition) is 3. The van der Waals surface area contributed by atoms with Crippen LogP contribution < -0.4 is 4.90 Å². The minimum absolute atomic E-state index is 0.132. The fraction of sp³-hybridized carbons (Fsp3) is 0.312. The Kier molecular flexibility index (Phi) is 3.10. The average molecular weight is 271 g/mol. The summed E-state index contributed by atoms with van der Waals surface area (Å²) in [5.41, 5.74) is 2.81. The molecule has 104 valence electrons. The molecule has 1 aromatic carbocycles. The van der Waals surface area contributed by atoms with Crippen LogP contribution >= 0.6 is 0 Å². The van der Waals surface area contributed by atoms with Gasteiger partial charge in [-0.2, -0.15) is 0 Å². The number of aryl methyl sites for hydroxylation is 2. The highest BCUT2D eigenvalue weighted by Crippen LogP contribution is 2.31. The van der Waals surface area contributed by atoms with Gasteiger partial charge >= 0.3 is 0 Å². The van der Waals surface area contributed by atoms with Gasteiger partial charge in [-0.25, -0.2) is 0 Å². The third kappa shape index (κ3) is 2.12. The van der Waals surface area contributed by atoms with Gasteiger partial charge in [0.15, 0.2) is 0 Å². The van der Waals surface area contributed by atoms with Crippen LogP contribution in [0, 0.1) is 6.92 Å². The van der Waals surface area contributed by atoms with E-state index in [0.717, 1.165) is 29.0 Å². The molecule has 1 aromatic heterocycles. The van der Waals surface area contributed by atoms with Crippen molar-refractivity contribution < 1.29 is 14.3 Å². The quantitative estimate of drug-likeness (QED) is 0.913. The second-order valence-electron chi connectivity index (χ2n) is 5.19. The maximum Gasteiger partial charge on any atom is 0.227 e. The molecule has 0 fully saturated rings. The zero-order valence-electron chi connectivity index (χ0n) is 11.6. The summed E-state index contributed by atoms with van der Waals surface area (Å²) in [7, 11) is 1.78. The number of anilines is 1. The number of fused-ring (bicyclic) bond motifs is 1. The van der Waals surface area contributed by atoms with Gasteiger partial charge in [-0.1, -0.05) is 12.1 Å². The van der Waals surface area contributed by atoms with Gasteiger partial charge in [-0.3, -0.25) is 4.79 Å². The van der Waals surface area contributed by atoms with Crippen molar-refractivity contribution in [3.8, 4) is 0 Å². The first-order chi connectivity index (χ1) is 9.56. The van der Waals surface area contributed by atoms with Gasteiger partial charge in [0, 0.05) is 19.2 Å². The first-order valence-corrected chi connectivity index (χ1v) is 6.70. The van der Waals surface area contributed by atoms with E-state index in [-0.39, 0.29) is 5.91 Å². The van der Waals surface area contributed by atoms with Crippen LogP contribution in [0.1, 0.15) is 35.2 Å². The molecule has 4 heteroatoms. The second-order valence-corrected chi connectivity index (χ2v) is 5.19. The summed E-state index contributed by atoms with van der Waals surface area (Å²) < 4.78 is 5.47. The van der Waals surface area contributed by atoms with E-state index in [4.69, 9.17) is 4.42 Å². The summed E-state index contributed by atoms with van der Waals surface area (Å²) in [4.78, 5) is 13.3. The van der Waals surface area contributed by atoms with Crippen LogP contribution in [0.15, 0.2) is 34.7 Å². The van der Waals surface area contributed by atoms with E-state index in [2.05, 4.69) is 0 Å². The number of amides is 1. The van der Waals surface area contributed by atoms with Crippen molar-refractivity contribution in [1.29, 1.82) is 0 Å². The van der Waals surface area contributed by atoms with E-state index in [0.29, 0.717) is 12.2 Å². The van der Waals surface area contributed by atoms with Crippen molar-refractivity contribution in [2.45, 2.75) is 25.9 Å². The van der Waals surface area contributed by atoms with Crippen molar-refractivity contribution in [3.05, 3.63) is 53.0 Å². The Morgan fingerprint density at radius 3 is 2.75 bits per heavy atom. The maximum absolute atomic E-state index is 11.7. The van der Waals surface area contributed by atoms with E-state index in [1.54, 1.807) is 18.0 Å². The van der Waals surface area contributed by atoms with Crippen molar-refractivity contribution in [2.24, 2.45) is 0 Å². The number of rotatable bonds is 2. The molecule has 0 saturated heterocycles. The van der Waals surface area contributed by atoms with Gasteiger partial charge in [0.2, 0.25) is 5.91 Å². The molecule has 2 aromatic rings. The van der Waals surface area contributed by atoms with E-state index >= 15 is 0 Å². The van der Waals surface area contributed by atoms with Gasteiger partial charge in [0.25, 0.3) is 0 Å². The summed E-state index contributed by atoms with van der Waals surface area (Å²) in [5, 5.41) is 10.4. The Morgan fingerprint density at radius 2 is 2.05 bits per heavy atom. The van der Waals surface area contributed by atoms with Gasteiger partial charge in [-0.15, -0.1) is 0 Å². The van der Waals surface area contributed by atoms with Crippen molar-refractivity contribution >= 4 is 11.6 Å². The molecule has 1 atom stereocenters. The Bertz CT molecular complexity index is 659. The largest absolute Gasteiger partial charge is 0.463 e. The minimum atomic E-state index is -0.767. The lowest BCUT2D eigenvalue weighted by molar-refractivity contribution is -0.118. The minimum Gasteiger partial charge on any atom is -0.463 e. The van der Waals surface area contributed by atoms with Gasteiger partial charge in [0.05, 0.1) is 0 Å². The Morgan fingerprint density at radius 1 is 1.25 bits per heavy atom. The molecule has 0 aliphatic carbocycles. The number of hydrogen-bond donors (Lipinski definition) is 1. The van der Waals surface area contributed by atoms with Gasteiger partial charge < -0.3 is 14.4 Å². The van der Waals surface area contributed by atoms with E-state index < -0.39 is 6.10 Å². The SMILES string of the molecule is Cc1ccc(C(O)c2ccc3c(c2)CCC(=O)N3C)o1. The molecule has 0 radical (unpaired) electrons. The lowest BCUT2D eigenvalue weighted by Crippen LogP contribution is -2.31. The molecule has 4 nitrogen and oxygen atoms in total. The lowest BCUT2D eigenvalue weighted by atomic mass is 9.96.